The minimum atomic E-state index is -0.922. The molecule has 1 aromatic heterocycles. The third-order valence-corrected chi connectivity index (χ3v) is 4.45. The number of hydrogen-bond donors (Lipinski definition) is 3. The van der Waals surface area contributed by atoms with Gasteiger partial charge in [0, 0.05) is 29.3 Å². The highest BCUT2D eigenvalue weighted by molar-refractivity contribution is 6.05. The number of fused-ring (bicyclic) bond motifs is 1. The Morgan fingerprint density at radius 2 is 1.93 bits per heavy atom. The van der Waals surface area contributed by atoms with E-state index in [1.165, 1.54) is 22.8 Å². The number of rotatable bonds is 5. The van der Waals surface area contributed by atoms with E-state index in [1.807, 2.05) is 0 Å². The Labute approximate surface area is 159 Å². The van der Waals surface area contributed by atoms with Gasteiger partial charge in [-0.05, 0) is 36.8 Å². The first kappa shape index (κ1) is 19.5. The number of aromatic hydroxyl groups is 1. The largest absolute Gasteiger partial charge is 0.505 e. The molecule has 0 unspecified atom stereocenters. The van der Waals surface area contributed by atoms with E-state index >= 15 is 0 Å². The fourth-order valence-electron chi connectivity index (χ4n) is 3.14. The van der Waals surface area contributed by atoms with Gasteiger partial charge < -0.3 is 15.5 Å². The maximum Gasteiger partial charge on any atom is 0.262 e. The molecular formula is C20H18F2N2O4. The maximum atomic E-state index is 14.0. The van der Waals surface area contributed by atoms with Crippen LogP contribution in [0.1, 0.15) is 21.6 Å². The summed E-state index contributed by atoms with van der Waals surface area (Å²) in [5, 5.41) is 21.4. The molecule has 6 nitrogen and oxygen atoms in total. The number of aliphatic hydroxyl groups excluding tert-OH is 1. The van der Waals surface area contributed by atoms with Crippen molar-refractivity contribution in [1.82, 2.24) is 9.88 Å². The zero-order valence-corrected chi connectivity index (χ0v) is 15.0. The third-order valence-electron chi connectivity index (χ3n) is 4.45. The Balaban J connectivity index is 2.17. The molecule has 0 bridgehead atoms. The van der Waals surface area contributed by atoms with Crippen molar-refractivity contribution in [1.29, 1.82) is 0 Å². The lowest BCUT2D eigenvalue weighted by Crippen LogP contribution is -2.28. The number of amides is 1. The Morgan fingerprint density at radius 3 is 2.61 bits per heavy atom. The van der Waals surface area contributed by atoms with E-state index in [9.17, 15) is 23.5 Å². The molecule has 1 heterocycles. The van der Waals surface area contributed by atoms with Crippen molar-refractivity contribution in [2.24, 2.45) is 0 Å². The van der Waals surface area contributed by atoms with Crippen LogP contribution in [0.25, 0.3) is 10.9 Å². The molecule has 146 valence electrons. The number of hydrogen-bond acceptors (Lipinski definition) is 4. The number of carbonyl (C=O) groups is 2. The van der Waals surface area contributed by atoms with Crippen molar-refractivity contribution in [3.63, 3.8) is 0 Å². The number of phenolic OH excluding ortho intramolecular Hbond substituents is 1. The number of phenols is 1. The van der Waals surface area contributed by atoms with E-state index in [0.717, 1.165) is 18.2 Å². The molecule has 0 spiro atoms. The lowest BCUT2D eigenvalue weighted by molar-refractivity contribution is -0.120. The summed E-state index contributed by atoms with van der Waals surface area (Å²) >= 11 is 0. The SMILES string of the molecule is Cc1c(CC(=O)NCCO)c2cc(O)c(F)cc2n1C(=O)c1cccc(F)c1. The smallest absolute Gasteiger partial charge is 0.262 e. The number of nitrogens with zero attached hydrogens (tertiary/aromatic N) is 1. The highest BCUT2D eigenvalue weighted by atomic mass is 19.1. The summed E-state index contributed by atoms with van der Waals surface area (Å²) < 4.78 is 28.7. The van der Waals surface area contributed by atoms with Crippen LogP contribution >= 0.6 is 0 Å². The number of benzene rings is 2. The quantitative estimate of drug-likeness (QED) is 0.625. The molecule has 0 atom stereocenters. The van der Waals surface area contributed by atoms with E-state index < -0.39 is 29.2 Å². The summed E-state index contributed by atoms with van der Waals surface area (Å²) in [4.78, 5) is 25.1. The molecule has 3 N–H and O–H groups in total. The lowest BCUT2D eigenvalue weighted by atomic mass is 10.1. The van der Waals surface area contributed by atoms with E-state index in [1.54, 1.807) is 6.92 Å². The summed E-state index contributed by atoms with van der Waals surface area (Å²) in [6.07, 6.45) is -0.142. The number of nitrogens with one attached hydrogen (secondary N) is 1. The molecule has 3 aromatic rings. The van der Waals surface area contributed by atoms with Crippen molar-refractivity contribution < 1.29 is 28.6 Å². The highest BCUT2D eigenvalue weighted by Gasteiger charge is 2.23. The lowest BCUT2D eigenvalue weighted by Gasteiger charge is -2.08. The van der Waals surface area contributed by atoms with Gasteiger partial charge in [0.1, 0.15) is 5.82 Å². The van der Waals surface area contributed by atoms with Gasteiger partial charge in [-0.2, -0.15) is 0 Å². The summed E-state index contributed by atoms with van der Waals surface area (Å²) in [5.74, 6) is -3.12. The molecule has 8 heteroatoms. The van der Waals surface area contributed by atoms with Crippen molar-refractivity contribution in [2.75, 3.05) is 13.2 Å². The molecule has 0 aliphatic heterocycles. The molecule has 1 amide bonds. The molecule has 3 rings (SSSR count). The zero-order valence-electron chi connectivity index (χ0n) is 15.0. The first-order valence-electron chi connectivity index (χ1n) is 8.53. The molecule has 0 saturated heterocycles. The van der Waals surface area contributed by atoms with Crippen LogP contribution in [-0.2, 0) is 11.2 Å². The molecule has 0 radical (unpaired) electrons. The summed E-state index contributed by atoms with van der Waals surface area (Å²) in [6.45, 7) is 1.43. The minimum absolute atomic E-state index is 0.0600. The molecule has 0 aliphatic rings. The topological polar surface area (TPSA) is 91.6 Å². The van der Waals surface area contributed by atoms with Crippen LogP contribution in [0.15, 0.2) is 36.4 Å². The number of halogens is 2. The molecule has 0 saturated carbocycles. The van der Waals surface area contributed by atoms with Gasteiger partial charge in [-0.3, -0.25) is 14.2 Å². The van der Waals surface area contributed by atoms with Crippen molar-refractivity contribution in [3.05, 3.63) is 64.9 Å². The highest BCUT2D eigenvalue weighted by Crippen LogP contribution is 2.32. The Kier molecular flexibility index (Phi) is 5.41. The maximum absolute atomic E-state index is 14.0. The first-order chi connectivity index (χ1) is 13.3. The molecule has 2 aromatic carbocycles. The van der Waals surface area contributed by atoms with Crippen LogP contribution in [0, 0.1) is 18.6 Å². The second kappa shape index (κ2) is 7.77. The predicted octanol–water partition coefficient (Wildman–Crippen LogP) is 2.27. The number of aromatic nitrogens is 1. The third kappa shape index (κ3) is 3.59. The minimum Gasteiger partial charge on any atom is -0.505 e. The average molecular weight is 388 g/mol. The van der Waals surface area contributed by atoms with E-state index in [-0.39, 0.29) is 30.7 Å². The molecular weight excluding hydrogens is 370 g/mol. The standard InChI is InChI=1S/C20H18F2N2O4/c1-11-14(9-19(27)23-5-6-25)15-8-18(26)16(22)10-17(15)24(11)20(28)12-3-2-4-13(21)7-12/h2-4,7-8,10,25-26H,5-6,9H2,1H3,(H,23,27). The Morgan fingerprint density at radius 1 is 1.18 bits per heavy atom. The number of aliphatic hydroxyl groups is 1. The van der Waals surface area contributed by atoms with Gasteiger partial charge in [0.25, 0.3) is 5.91 Å². The summed E-state index contributed by atoms with van der Waals surface area (Å²) in [6, 6.07) is 7.25. The van der Waals surface area contributed by atoms with E-state index in [2.05, 4.69) is 5.32 Å². The normalized spacial score (nSPS) is 11.0. The van der Waals surface area contributed by atoms with Crippen LogP contribution in [0.2, 0.25) is 0 Å². The fourth-order valence-corrected chi connectivity index (χ4v) is 3.14. The summed E-state index contributed by atoms with van der Waals surface area (Å²) in [5.41, 5.74) is 1.01. The van der Waals surface area contributed by atoms with Gasteiger partial charge in [0.05, 0.1) is 18.5 Å². The Hall–Kier alpha value is -3.26. The van der Waals surface area contributed by atoms with E-state index in [4.69, 9.17) is 5.11 Å². The van der Waals surface area contributed by atoms with Gasteiger partial charge in [-0.25, -0.2) is 8.78 Å². The monoisotopic (exact) mass is 388 g/mol. The average Bonchev–Trinajstić information content (AvgIpc) is 2.91. The van der Waals surface area contributed by atoms with Crippen molar-refractivity contribution in [2.45, 2.75) is 13.3 Å². The van der Waals surface area contributed by atoms with Crippen LogP contribution in [0.3, 0.4) is 0 Å². The molecule has 0 aliphatic carbocycles. The predicted molar refractivity (Wildman–Crippen MR) is 98.2 cm³/mol. The van der Waals surface area contributed by atoms with Gasteiger partial charge >= 0.3 is 0 Å². The fraction of sp³-hybridized carbons (Fsp3) is 0.200. The van der Waals surface area contributed by atoms with Crippen LogP contribution in [0.4, 0.5) is 8.78 Å². The first-order valence-corrected chi connectivity index (χ1v) is 8.53. The second-order valence-corrected chi connectivity index (χ2v) is 6.29. The van der Waals surface area contributed by atoms with Gasteiger partial charge in [0.2, 0.25) is 5.91 Å². The van der Waals surface area contributed by atoms with Crippen molar-refractivity contribution >= 4 is 22.7 Å². The van der Waals surface area contributed by atoms with Crippen LogP contribution in [0.5, 0.6) is 5.75 Å². The molecule has 28 heavy (non-hydrogen) atoms. The van der Waals surface area contributed by atoms with Gasteiger partial charge in [-0.15, -0.1) is 0 Å². The van der Waals surface area contributed by atoms with E-state index in [0.29, 0.717) is 16.6 Å². The number of carbonyl (C=O) groups excluding carboxylic acids is 2. The second-order valence-electron chi connectivity index (χ2n) is 6.29. The zero-order chi connectivity index (χ0) is 20.4. The molecule has 0 fully saturated rings. The van der Waals surface area contributed by atoms with Crippen LogP contribution in [-0.4, -0.2) is 39.7 Å². The van der Waals surface area contributed by atoms with Crippen molar-refractivity contribution in [3.8, 4) is 5.75 Å². The summed E-state index contributed by atoms with van der Waals surface area (Å²) in [7, 11) is 0. The van der Waals surface area contributed by atoms with Gasteiger partial charge in [-0.1, -0.05) is 6.07 Å². The van der Waals surface area contributed by atoms with Crippen LogP contribution < -0.4 is 5.32 Å². The Bertz CT molecular complexity index is 1080. The van der Waals surface area contributed by atoms with Gasteiger partial charge in [0.15, 0.2) is 11.6 Å².